The Morgan fingerprint density at radius 2 is 1.83 bits per heavy atom. The molecule has 0 aromatic heterocycles. The van der Waals surface area contributed by atoms with E-state index in [1.807, 2.05) is 7.05 Å². The molecule has 2 aliphatic rings. The van der Waals surface area contributed by atoms with Crippen molar-refractivity contribution in [2.45, 2.75) is 65.2 Å². The molecular weight excluding hydrogens is 413 g/mol. The van der Waals surface area contributed by atoms with Gasteiger partial charge < -0.3 is 15.4 Å². The van der Waals surface area contributed by atoms with Gasteiger partial charge in [0.1, 0.15) is 0 Å². The normalized spacial score (nSPS) is 21.1. The van der Waals surface area contributed by atoms with E-state index in [1.165, 1.54) is 44.9 Å². The predicted molar refractivity (Wildman–Crippen MR) is 113 cm³/mol. The summed E-state index contributed by atoms with van der Waals surface area (Å²) in [7, 11) is 3.67. The molecule has 0 aromatic rings. The van der Waals surface area contributed by atoms with Gasteiger partial charge in [0.05, 0.1) is 0 Å². The van der Waals surface area contributed by atoms with E-state index in [2.05, 4.69) is 29.5 Å². The molecule has 2 saturated carbocycles. The Balaban J connectivity index is 0.00000288. The highest BCUT2D eigenvalue weighted by molar-refractivity contribution is 14.0. The fourth-order valence-electron chi connectivity index (χ4n) is 4.17. The summed E-state index contributed by atoms with van der Waals surface area (Å²) in [6, 6.07) is 0. The largest absolute Gasteiger partial charge is 0.385 e. The zero-order valence-corrected chi connectivity index (χ0v) is 18.4. The fraction of sp³-hybridized carbons (Fsp3) is 0.947. The van der Waals surface area contributed by atoms with Crippen molar-refractivity contribution in [3.05, 3.63) is 0 Å². The van der Waals surface area contributed by atoms with Crippen molar-refractivity contribution in [3.63, 3.8) is 0 Å². The summed E-state index contributed by atoms with van der Waals surface area (Å²) in [6.07, 6.45) is 10.7. The standard InChI is InChI=1S/C19H37N3O.HI/c1-18(2,16-8-5-6-9-16)14-21-17(20-3)22-15-19(10-7-11-19)12-13-23-4;/h16H,5-15H2,1-4H3,(H2,20,21,22);1H. The molecule has 0 unspecified atom stereocenters. The molecule has 0 aromatic carbocycles. The zero-order chi connectivity index (χ0) is 16.8. The van der Waals surface area contributed by atoms with Crippen LogP contribution >= 0.6 is 24.0 Å². The average Bonchev–Trinajstić information content (AvgIpc) is 3.04. The summed E-state index contributed by atoms with van der Waals surface area (Å²) < 4.78 is 5.28. The third-order valence-electron chi connectivity index (χ3n) is 6.28. The van der Waals surface area contributed by atoms with Gasteiger partial charge >= 0.3 is 0 Å². The lowest BCUT2D eigenvalue weighted by Crippen LogP contribution is -2.49. The third-order valence-corrected chi connectivity index (χ3v) is 6.28. The second kappa shape index (κ2) is 10.2. The molecule has 2 fully saturated rings. The summed E-state index contributed by atoms with van der Waals surface area (Å²) in [4.78, 5) is 4.42. The van der Waals surface area contributed by atoms with Gasteiger partial charge in [0, 0.05) is 33.9 Å². The van der Waals surface area contributed by atoms with E-state index in [9.17, 15) is 0 Å². The SMILES string of the molecule is CN=C(NCC1(CCOC)CCC1)NCC(C)(C)C1CCCC1.I. The number of hydrogen-bond acceptors (Lipinski definition) is 2. The Morgan fingerprint density at radius 1 is 1.17 bits per heavy atom. The summed E-state index contributed by atoms with van der Waals surface area (Å²) >= 11 is 0. The maximum absolute atomic E-state index is 5.28. The lowest BCUT2D eigenvalue weighted by Gasteiger charge is -2.42. The van der Waals surface area contributed by atoms with Crippen molar-refractivity contribution in [2.75, 3.05) is 33.9 Å². The summed E-state index contributed by atoms with van der Waals surface area (Å²) in [6.45, 7) is 7.68. The highest BCUT2D eigenvalue weighted by Crippen LogP contribution is 2.43. The number of halogens is 1. The molecule has 0 heterocycles. The Kier molecular flexibility index (Phi) is 9.34. The molecule has 24 heavy (non-hydrogen) atoms. The summed E-state index contributed by atoms with van der Waals surface area (Å²) in [5.41, 5.74) is 0.771. The molecule has 0 saturated heterocycles. The summed E-state index contributed by atoms with van der Waals surface area (Å²) in [5, 5.41) is 7.14. The molecule has 0 amide bonds. The van der Waals surface area contributed by atoms with Crippen LogP contribution in [-0.2, 0) is 4.74 Å². The number of methoxy groups -OCH3 is 1. The maximum atomic E-state index is 5.28. The van der Waals surface area contributed by atoms with Crippen LogP contribution in [0.15, 0.2) is 4.99 Å². The van der Waals surface area contributed by atoms with Gasteiger partial charge in [0.2, 0.25) is 0 Å². The average molecular weight is 451 g/mol. The Morgan fingerprint density at radius 3 is 2.33 bits per heavy atom. The first-order chi connectivity index (χ1) is 11.0. The van der Waals surface area contributed by atoms with Crippen LogP contribution in [0.1, 0.15) is 65.2 Å². The van der Waals surface area contributed by atoms with Crippen LogP contribution in [0.2, 0.25) is 0 Å². The highest BCUT2D eigenvalue weighted by atomic mass is 127. The van der Waals surface area contributed by atoms with Crippen LogP contribution in [0.4, 0.5) is 0 Å². The number of nitrogens with zero attached hydrogens (tertiary/aromatic N) is 1. The van der Waals surface area contributed by atoms with Gasteiger partial charge in [-0.05, 0) is 48.9 Å². The highest BCUT2D eigenvalue weighted by Gasteiger charge is 2.36. The lowest BCUT2D eigenvalue weighted by atomic mass is 9.67. The van der Waals surface area contributed by atoms with Gasteiger partial charge in [-0.15, -0.1) is 24.0 Å². The van der Waals surface area contributed by atoms with Gasteiger partial charge in [-0.1, -0.05) is 33.1 Å². The molecule has 0 radical (unpaired) electrons. The Labute approximate surface area is 166 Å². The van der Waals surface area contributed by atoms with Gasteiger partial charge in [0.25, 0.3) is 0 Å². The molecule has 5 heteroatoms. The molecule has 2 N–H and O–H groups in total. The quantitative estimate of drug-likeness (QED) is 0.331. The minimum Gasteiger partial charge on any atom is -0.385 e. The van der Waals surface area contributed by atoms with Gasteiger partial charge in [-0.25, -0.2) is 0 Å². The van der Waals surface area contributed by atoms with Crippen LogP contribution in [0.25, 0.3) is 0 Å². The number of hydrogen-bond donors (Lipinski definition) is 2. The van der Waals surface area contributed by atoms with E-state index >= 15 is 0 Å². The Bertz CT molecular complexity index is 388. The smallest absolute Gasteiger partial charge is 0.191 e. The number of guanidine groups is 1. The Hall–Kier alpha value is -0.0400. The molecule has 0 spiro atoms. The van der Waals surface area contributed by atoms with Crippen molar-refractivity contribution in [3.8, 4) is 0 Å². The first kappa shape index (κ1) is 22.0. The molecule has 0 aliphatic heterocycles. The minimum absolute atomic E-state index is 0. The van der Waals surface area contributed by atoms with Crippen LogP contribution in [0, 0.1) is 16.7 Å². The summed E-state index contributed by atoms with van der Waals surface area (Å²) in [5.74, 6) is 1.81. The van der Waals surface area contributed by atoms with Gasteiger partial charge in [0.15, 0.2) is 5.96 Å². The number of aliphatic imine (C=N–C) groups is 1. The lowest BCUT2D eigenvalue weighted by molar-refractivity contribution is 0.0732. The van der Waals surface area contributed by atoms with E-state index in [-0.39, 0.29) is 24.0 Å². The molecule has 0 atom stereocenters. The van der Waals surface area contributed by atoms with Crippen LogP contribution < -0.4 is 10.6 Å². The first-order valence-electron chi connectivity index (χ1n) is 9.45. The maximum Gasteiger partial charge on any atom is 0.191 e. The molecule has 2 rings (SSSR count). The van der Waals surface area contributed by atoms with E-state index in [0.29, 0.717) is 10.8 Å². The molecule has 2 aliphatic carbocycles. The van der Waals surface area contributed by atoms with Crippen molar-refractivity contribution in [1.82, 2.24) is 10.6 Å². The fourth-order valence-corrected chi connectivity index (χ4v) is 4.17. The third kappa shape index (κ3) is 6.04. The predicted octanol–water partition coefficient (Wildman–Crippen LogP) is 4.19. The van der Waals surface area contributed by atoms with E-state index in [1.54, 1.807) is 7.11 Å². The second-order valence-electron chi connectivity index (χ2n) is 8.35. The number of ether oxygens (including phenoxy) is 1. The molecule has 4 nitrogen and oxygen atoms in total. The van der Waals surface area contributed by atoms with Crippen molar-refractivity contribution in [1.29, 1.82) is 0 Å². The van der Waals surface area contributed by atoms with Crippen molar-refractivity contribution in [2.24, 2.45) is 21.7 Å². The van der Waals surface area contributed by atoms with Crippen LogP contribution in [-0.4, -0.2) is 39.8 Å². The van der Waals surface area contributed by atoms with E-state index in [0.717, 1.165) is 38.0 Å². The van der Waals surface area contributed by atoms with Gasteiger partial charge in [-0.2, -0.15) is 0 Å². The van der Waals surface area contributed by atoms with Crippen molar-refractivity contribution >= 4 is 29.9 Å². The minimum atomic E-state index is 0. The molecular formula is C19H38IN3O. The molecule has 142 valence electrons. The number of nitrogens with one attached hydrogen (secondary N) is 2. The zero-order valence-electron chi connectivity index (χ0n) is 16.1. The van der Waals surface area contributed by atoms with Crippen LogP contribution in [0.5, 0.6) is 0 Å². The monoisotopic (exact) mass is 451 g/mol. The van der Waals surface area contributed by atoms with E-state index < -0.39 is 0 Å². The van der Waals surface area contributed by atoms with Crippen LogP contribution in [0.3, 0.4) is 0 Å². The number of rotatable bonds is 8. The van der Waals surface area contributed by atoms with Gasteiger partial charge in [-0.3, -0.25) is 4.99 Å². The molecule has 0 bridgehead atoms. The first-order valence-corrected chi connectivity index (χ1v) is 9.45. The van der Waals surface area contributed by atoms with E-state index in [4.69, 9.17) is 4.74 Å². The second-order valence-corrected chi connectivity index (χ2v) is 8.35. The van der Waals surface area contributed by atoms with Crippen molar-refractivity contribution < 1.29 is 4.74 Å². The topological polar surface area (TPSA) is 45.7 Å².